The second-order valence-electron chi connectivity index (χ2n) is 4.80. The fraction of sp³-hybridized carbons (Fsp3) is 0.500. The van der Waals surface area contributed by atoms with Gasteiger partial charge in [0.05, 0.1) is 5.60 Å². The summed E-state index contributed by atoms with van der Waals surface area (Å²) >= 11 is 0. The van der Waals surface area contributed by atoms with Gasteiger partial charge in [0.25, 0.3) is 0 Å². The second kappa shape index (κ2) is 2.81. The minimum Gasteiger partial charge on any atom is -0.385 e. The van der Waals surface area contributed by atoms with Crippen molar-refractivity contribution in [2.75, 3.05) is 0 Å². The molecule has 1 aliphatic rings. The van der Waals surface area contributed by atoms with Gasteiger partial charge in [-0.3, -0.25) is 0 Å². The van der Waals surface area contributed by atoms with Gasteiger partial charge in [-0.25, -0.2) is 0 Å². The topological polar surface area (TPSA) is 46.2 Å². The number of benzene rings is 1. The lowest BCUT2D eigenvalue weighted by Crippen LogP contribution is -2.31. The average molecular weight is 191 g/mol. The van der Waals surface area contributed by atoms with Crippen molar-refractivity contribution >= 4 is 0 Å². The normalized spacial score (nSPS) is 19.4. The van der Waals surface area contributed by atoms with E-state index in [1.165, 1.54) is 0 Å². The largest absolute Gasteiger partial charge is 0.385 e. The molecule has 1 fully saturated rings. The molecule has 76 valence electrons. The maximum Gasteiger partial charge on any atom is 0.0902 e. The molecule has 0 bridgehead atoms. The number of aliphatic hydroxyl groups is 1. The first-order valence-electron chi connectivity index (χ1n) is 5.05. The van der Waals surface area contributed by atoms with Gasteiger partial charge in [-0.05, 0) is 37.8 Å². The van der Waals surface area contributed by atoms with E-state index in [2.05, 4.69) is 0 Å². The summed E-state index contributed by atoms with van der Waals surface area (Å²) in [5.74, 6) is 0. The van der Waals surface area contributed by atoms with Crippen LogP contribution in [0, 0.1) is 0 Å². The van der Waals surface area contributed by atoms with Crippen LogP contribution in [0.5, 0.6) is 0 Å². The van der Waals surface area contributed by atoms with Crippen molar-refractivity contribution in [3.8, 4) is 0 Å². The summed E-state index contributed by atoms with van der Waals surface area (Å²) in [5.41, 5.74) is 7.16. The lowest BCUT2D eigenvalue weighted by atomic mass is 9.88. The molecule has 0 unspecified atom stereocenters. The highest BCUT2D eigenvalue weighted by molar-refractivity contribution is 5.39. The molecule has 2 nitrogen and oxygen atoms in total. The van der Waals surface area contributed by atoms with E-state index in [4.69, 9.17) is 5.73 Å². The Morgan fingerprint density at radius 2 is 1.86 bits per heavy atom. The van der Waals surface area contributed by atoms with Gasteiger partial charge in [-0.1, -0.05) is 24.3 Å². The molecule has 1 saturated carbocycles. The Hall–Kier alpha value is -0.860. The first-order valence-corrected chi connectivity index (χ1v) is 5.05. The number of rotatable bonds is 2. The standard InChI is InChI=1S/C12H17NO/c1-11(2,13)9-5-3-4-6-10(9)12(14)7-8-12/h3-6,14H,7-8,13H2,1-2H3. The molecule has 0 heterocycles. The lowest BCUT2D eigenvalue weighted by molar-refractivity contribution is 0.149. The molecular formula is C12H17NO. The fourth-order valence-electron chi connectivity index (χ4n) is 1.84. The van der Waals surface area contributed by atoms with Crippen LogP contribution in [0.1, 0.15) is 37.8 Å². The van der Waals surface area contributed by atoms with E-state index >= 15 is 0 Å². The molecule has 1 aromatic carbocycles. The van der Waals surface area contributed by atoms with Crippen molar-refractivity contribution in [1.29, 1.82) is 0 Å². The van der Waals surface area contributed by atoms with Gasteiger partial charge in [0, 0.05) is 5.54 Å². The van der Waals surface area contributed by atoms with Gasteiger partial charge >= 0.3 is 0 Å². The van der Waals surface area contributed by atoms with Crippen LogP contribution in [0.3, 0.4) is 0 Å². The minimum absolute atomic E-state index is 0.380. The molecule has 2 heteroatoms. The molecule has 0 atom stereocenters. The van der Waals surface area contributed by atoms with Crippen molar-refractivity contribution in [3.05, 3.63) is 35.4 Å². The van der Waals surface area contributed by atoms with Crippen LogP contribution in [-0.4, -0.2) is 5.11 Å². The fourth-order valence-corrected chi connectivity index (χ4v) is 1.84. The Morgan fingerprint density at radius 3 is 2.36 bits per heavy atom. The molecule has 2 rings (SSSR count). The highest BCUT2D eigenvalue weighted by Crippen LogP contribution is 2.47. The highest BCUT2D eigenvalue weighted by Gasteiger charge is 2.44. The molecular weight excluding hydrogens is 174 g/mol. The van der Waals surface area contributed by atoms with E-state index < -0.39 is 5.60 Å². The van der Waals surface area contributed by atoms with Crippen LogP contribution in [0.4, 0.5) is 0 Å². The zero-order valence-corrected chi connectivity index (χ0v) is 8.75. The first-order chi connectivity index (χ1) is 6.43. The quantitative estimate of drug-likeness (QED) is 0.749. The molecule has 0 spiro atoms. The zero-order valence-electron chi connectivity index (χ0n) is 8.75. The molecule has 1 aromatic rings. The van der Waals surface area contributed by atoms with E-state index in [-0.39, 0.29) is 5.54 Å². The summed E-state index contributed by atoms with van der Waals surface area (Å²) in [6.45, 7) is 3.94. The Bertz CT molecular complexity index is 323. The van der Waals surface area contributed by atoms with Crippen LogP contribution in [0.15, 0.2) is 24.3 Å². The maximum atomic E-state index is 10.1. The Kier molecular flexibility index (Phi) is 1.95. The monoisotopic (exact) mass is 191 g/mol. The summed E-state index contributed by atoms with van der Waals surface area (Å²) in [6.07, 6.45) is 1.72. The van der Waals surface area contributed by atoms with Gasteiger partial charge in [0.2, 0.25) is 0 Å². The third-order valence-electron chi connectivity index (χ3n) is 2.85. The lowest BCUT2D eigenvalue weighted by Gasteiger charge is -2.25. The zero-order chi connectivity index (χ0) is 10.4. The Morgan fingerprint density at radius 1 is 1.29 bits per heavy atom. The van der Waals surface area contributed by atoms with Crippen LogP contribution in [0.2, 0.25) is 0 Å². The predicted octanol–water partition coefficient (Wildman–Crippen LogP) is 1.86. The smallest absolute Gasteiger partial charge is 0.0902 e. The summed E-state index contributed by atoms with van der Waals surface area (Å²) < 4.78 is 0. The Labute approximate surface area is 84.7 Å². The van der Waals surface area contributed by atoms with Gasteiger partial charge in [-0.15, -0.1) is 0 Å². The van der Waals surface area contributed by atoms with E-state index in [0.717, 1.165) is 24.0 Å². The Balaban J connectivity index is 2.50. The minimum atomic E-state index is -0.590. The van der Waals surface area contributed by atoms with Crippen LogP contribution in [-0.2, 0) is 11.1 Å². The van der Waals surface area contributed by atoms with Crippen molar-refractivity contribution < 1.29 is 5.11 Å². The van der Waals surface area contributed by atoms with Crippen molar-refractivity contribution in [1.82, 2.24) is 0 Å². The number of hydrogen-bond acceptors (Lipinski definition) is 2. The van der Waals surface area contributed by atoms with Crippen LogP contribution < -0.4 is 5.73 Å². The van der Waals surface area contributed by atoms with Gasteiger partial charge in [0.15, 0.2) is 0 Å². The van der Waals surface area contributed by atoms with E-state index in [1.54, 1.807) is 0 Å². The highest BCUT2D eigenvalue weighted by atomic mass is 16.3. The van der Waals surface area contributed by atoms with E-state index in [0.29, 0.717) is 0 Å². The van der Waals surface area contributed by atoms with Gasteiger partial charge in [0.1, 0.15) is 0 Å². The number of nitrogens with two attached hydrogens (primary N) is 1. The van der Waals surface area contributed by atoms with Gasteiger partial charge in [-0.2, -0.15) is 0 Å². The van der Waals surface area contributed by atoms with E-state index in [9.17, 15) is 5.11 Å². The third-order valence-corrected chi connectivity index (χ3v) is 2.85. The van der Waals surface area contributed by atoms with Crippen molar-refractivity contribution in [2.45, 2.75) is 37.8 Å². The number of hydrogen-bond donors (Lipinski definition) is 2. The molecule has 14 heavy (non-hydrogen) atoms. The molecule has 0 aromatic heterocycles. The molecule has 1 aliphatic carbocycles. The van der Waals surface area contributed by atoms with E-state index in [1.807, 2.05) is 38.1 Å². The molecule has 0 radical (unpaired) electrons. The van der Waals surface area contributed by atoms with Crippen LogP contribution in [0.25, 0.3) is 0 Å². The molecule has 0 aliphatic heterocycles. The average Bonchev–Trinajstić information content (AvgIpc) is 2.84. The predicted molar refractivity (Wildman–Crippen MR) is 56.8 cm³/mol. The third kappa shape index (κ3) is 1.56. The maximum absolute atomic E-state index is 10.1. The van der Waals surface area contributed by atoms with Crippen LogP contribution >= 0.6 is 0 Å². The summed E-state index contributed by atoms with van der Waals surface area (Å²) in [5, 5.41) is 10.1. The molecule has 0 saturated heterocycles. The second-order valence-corrected chi connectivity index (χ2v) is 4.80. The van der Waals surface area contributed by atoms with Crippen molar-refractivity contribution in [2.24, 2.45) is 5.73 Å². The summed E-state index contributed by atoms with van der Waals surface area (Å²) in [6, 6.07) is 7.92. The molecule has 0 amide bonds. The summed E-state index contributed by atoms with van der Waals surface area (Å²) in [4.78, 5) is 0. The summed E-state index contributed by atoms with van der Waals surface area (Å²) in [7, 11) is 0. The first kappa shape index (κ1) is 9.69. The molecule has 3 N–H and O–H groups in total. The van der Waals surface area contributed by atoms with Gasteiger partial charge < -0.3 is 10.8 Å². The van der Waals surface area contributed by atoms with Crippen molar-refractivity contribution in [3.63, 3.8) is 0 Å². The SMILES string of the molecule is CC(C)(N)c1ccccc1C1(O)CC1.